The van der Waals surface area contributed by atoms with Gasteiger partial charge in [-0.15, -0.1) is 0 Å². The number of aliphatic hydroxyl groups is 4. The van der Waals surface area contributed by atoms with E-state index in [2.05, 4.69) is 33.8 Å². The summed E-state index contributed by atoms with van der Waals surface area (Å²) in [5.74, 6) is -0.167. The highest BCUT2D eigenvalue weighted by atomic mass is 16.4. The van der Waals surface area contributed by atoms with Gasteiger partial charge in [0.25, 0.3) is 0 Å². The number of rotatable bonds is 0. The van der Waals surface area contributed by atoms with Crippen molar-refractivity contribution in [3.8, 4) is 0 Å². The van der Waals surface area contributed by atoms with Crippen LogP contribution in [0.1, 0.15) is 79.6 Å². The van der Waals surface area contributed by atoms with Crippen LogP contribution in [0.25, 0.3) is 0 Å². The van der Waals surface area contributed by atoms with Crippen molar-refractivity contribution in [3.63, 3.8) is 0 Å². The highest BCUT2D eigenvalue weighted by molar-refractivity contribution is 5.86. The fourth-order valence-corrected chi connectivity index (χ4v) is 11.1. The topological polar surface area (TPSA) is 98.0 Å². The Labute approximate surface area is 191 Å². The molecule has 5 fully saturated rings. The Bertz CT molecular complexity index is 940. The molecule has 0 saturated heterocycles. The van der Waals surface area contributed by atoms with Crippen LogP contribution < -0.4 is 0 Å². The number of ketones is 1. The Morgan fingerprint density at radius 3 is 2.41 bits per heavy atom. The number of aliphatic hydroxyl groups excluding tert-OH is 3. The molecular formula is C27H40O5. The second-order valence-corrected chi connectivity index (χ2v) is 13.8. The Kier molecular flexibility index (Phi) is 3.89. The molecule has 5 saturated carbocycles. The van der Waals surface area contributed by atoms with Crippen LogP contribution in [0.5, 0.6) is 0 Å². The third-order valence-corrected chi connectivity index (χ3v) is 12.5. The van der Waals surface area contributed by atoms with Crippen molar-refractivity contribution in [2.75, 3.05) is 0 Å². The molecule has 0 heterocycles. The van der Waals surface area contributed by atoms with Crippen LogP contribution in [-0.2, 0) is 4.79 Å². The molecule has 2 spiro atoms. The highest BCUT2D eigenvalue weighted by Crippen LogP contribution is 2.88. The Balaban J connectivity index is 1.52. The largest absolute Gasteiger partial charge is 0.393 e. The van der Waals surface area contributed by atoms with E-state index in [9.17, 15) is 25.2 Å². The second-order valence-electron chi connectivity index (χ2n) is 13.8. The lowest BCUT2D eigenvalue weighted by atomic mass is 9.44. The number of hydrogen-bond acceptors (Lipinski definition) is 5. The fourth-order valence-electron chi connectivity index (χ4n) is 11.1. The van der Waals surface area contributed by atoms with E-state index in [4.69, 9.17) is 0 Å². The van der Waals surface area contributed by atoms with Gasteiger partial charge in [-0.05, 0) is 77.9 Å². The molecule has 0 radical (unpaired) electrons. The van der Waals surface area contributed by atoms with Gasteiger partial charge in [-0.1, -0.05) is 46.3 Å². The monoisotopic (exact) mass is 444 g/mol. The summed E-state index contributed by atoms with van der Waals surface area (Å²) in [5, 5.41) is 45.5. The Morgan fingerprint density at radius 1 is 1.03 bits per heavy atom. The minimum Gasteiger partial charge on any atom is -0.393 e. The average Bonchev–Trinajstić information content (AvgIpc) is 3.33. The van der Waals surface area contributed by atoms with Crippen LogP contribution >= 0.6 is 0 Å². The summed E-state index contributed by atoms with van der Waals surface area (Å²) in [6.07, 6.45) is 5.01. The van der Waals surface area contributed by atoms with Gasteiger partial charge in [0.2, 0.25) is 0 Å². The normalized spacial score (nSPS) is 62.2. The van der Waals surface area contributed by atoms with E-state index in [0.717, 1.165) is 25.7 Å². The van der Waals surface area contributed by atoms with Crippen LogP contribution in [0.3, 0.4) is 0 Å². The summed E-state index contributed by atoms with van der Waals surface area (Å²) in [6.45, 7) is 10.8. The Hall–Kier alpha value is -0.750. The second kappa shape index (κ2) is 5.72. The first kappa shape index (κ1) is 21.8. The number of carbonyl (C=O) groups excluding carboxylic acids is 1. The van der Waals surface area contributed by atoms with E-state index in [1.54, 1.807) is 0 Å². The molecule has 0 amide bonds. The van der Waals surface area contributed by atoms with Crippen LogP contribution in [0.2, 0.25) is 0 Å². The zero-order chi connectivity index (χ0) is 23.3. The van der Waals surface area contributed by atoms with Crippen LogP contribution in [0, 0.1) is 44.8 Å². The van der Waals surface area contributed by atoms with Gasteiger partial charge >= 0.3 is 0 Å². The predicted octanol–water partition coefficient (Wildman–Crippen LogP) is 2.99. The van der Waals surface area contributed by atoms with Crippen molar-refractivity contribution in [1.82, 2.24) is 0 Å². The molecule has 6 rings (SSSR count). The van der Waals surface area contributed by atoms with E-state index in [1.165, 1.54) is 5.57 Å². The van der Waals surface area contributed by atoms with E-state index >= 15 is 0 Å². The first-order valence-corrected chi connectivity index (χ1v) is 12.7. The maximum Gasteiger partial charge on any atom is 0.164 e. The fraction of sp³-hybridized carbons (Fsp3) is 0.889. The van der Waals surface area contributed by atoms with Gasteiger partial charge in [0.15, 0.2) is 5.78 Å². The van der Waals surface area contributed by atoms with Gasteiger partial charge < -0.3 is 20.4 Å². The first-order chi connectivity index (χ1) is 14.7. The van der Waals surface area contributed by atoms with Gasteiger partial charge in [-0.3, -0.25) is 4.79 Å². The molecule has 11 atom stereocenters. The average molecular weight is 445 g/mol. The van der Waals surface area contributed by atoms with Gasteiger partial charge in [0, 0.05) is 11.8 Å². The van der Waals surface area contributed by atoms with Crippen molar-refractivity contribution in [2.24, 2.45) is 44.8 Å². The number of allylic oxidation sites excluding steroid dienone is 1. The minimum absolute atomic E-state index is 0.0139. The molecule has 0 aromatic rings. The quantitative estimate of drug-likeness (QED) is 0.431. The Morgan fingerprint density at radius 2 is 1.72 bits per heavy atom. The van der Waals surface area contributed by atoms with E-state index in [1.807, 2.05) is 6.92 Å². The molecule has 0 aliphatic heterocycles. The lowest BCUT2D eigenvalue weighted by Crippen LogP contribution is -2.60. The van der Waals surface area contributed by atoms with Gasteiger partial charge in [-0.25, -0.2) is 0 Å². The molecule has 178 valence electrons. The van der Waals surface area contributed by atoms with E-state index in [0.29, 0.717) is 18.8 Å². The summed E-state index contributed by atoms with van der Waals surface area (Å²) in [7, 11) is 0. The van der Waals surface area contributed by atoms with Gasteiger partial charge in [0.1, 0.15) is 11.7 Å². The number of Topliss-reactive ketones (excluding diaryl/α,β-unsaturated/α-hetero) is 1. The molecule has 32 heavy (non-hydrogen) atoms. The standard InChI is InChI=1S/C27H40O5/c1-14-10-15(28)21(31)27(32)12-24(5)17-7-6-16-22(2,3)18(29)8-9-25(16)13-26(17,25)19(30)11-23(24,4)20(14)27/h7,14,16,18-21,29-32H,6,8-13H2,1-5H3. The number of fused-ring (bicyclic) bond motifs is 4. The maximum absolute atomic E-state index is 12.6. The molecule has 6 aliphatic carbocycles. The van der Waals surface area contributed by atoms with Crippen LogP contribution in [0.4, 0.5) is 0 Å². The molecule has 4 N–H and O–H groups in total. The smallest absolute Gasteiger partial charge is 0.164 e. The van der Waals surface area contributed by atoms with Crippen molar-refractivity contribution < 1.29 is 25.2 Å². The minimum atomic E-state index is -1.44. The van der Waals surface area contributed by atoms with Crippen molar-refractivity contribution >= 4 is 5.78 Å². The van der Waals surface area contributed by atoms with Gasteiger partial charge in [-0.2, -0.15) is 0 Å². The van der Waals surface area contributed by atoms with Crippen LogP contribution in [0.15, 0.2) is 11.6 Å². The molecular weight excluding hydrogens is 404 g/mol. The molecule has 6 aliphatic rings. The third-order valence-electron chi connectivity index (χ3n) is 12.5. The summed E-state index contributed by atoms with van der Waals surface area (Å²) < 4.78 is 0. The zero-order valence-corrected chi connectivity index (χ0v) is 20.2. The summed E-state index contributed by atoms with van der Waals surface area (Å²) >= 11 is 0. The van der Waals surface area contributed by atoms with Crippen molar-refractivity contribution in [2.45, 2.75) is 103 Å². The summed E-state index contributed by atoms with van der Waals surface area (Å²) in [6, 6.07) is 0. The van der Waals surface area contributed by atoms with Crippen molar-refractivity contribution in [1.29, 1.82) is 0 Å². The molecule has 0 bridgehead atoms. The molecule has 0 aromatic carbocycles. The number of hydrogen-bond donors (Lipinski definition) is 4. The summed E-state index contributed by atoms with van der Waals surface area (Å²) in [4.78, 5) is 12.6. The maximum atomic E-state index is 12.6. The van der Waals surface area contributed by atoms with E-state index < -0.39 is 17.8 Å². The molecule has 5 heteroatoms. The summed E-state index contributed by atoms with van der Waals surface area (Å²) in [5.41, 5.74) is -1.39. The third kappa shape index (κ3) is 1.96. The lowest BCUT2D eigenvalue weighted by molar-refractivity contribution is -0.176. The van der Waals surface area contributed by atoms with Crippen molar-refractivity contribution in [3.05, 3.63) is 11.6 Å². The molecule has 5 nitrogen and oxygen atoms in total. The highest BCUT2D eigenvalue weighted by Gasteiger charge is 2.85. The molecule has 0 aromatic heterocycles. The lowest BCUT2D eigenvalue weighted by Gasteiger charge is -2.61. The SMILES string of the molecule is CC1CC(=O)C(O)C2(O)CC3(C)C4=CCC5C(C)(C)C(O)CCC56CC46C(O)CC3(C)C12. The molecule has 11 unspecified atom stereocenters. The first-order valence-electron chi connectivity index (χ1n) is 12.7. The van der Waals surface area contributed by atoms with E-state index in [-0.39, 0.29) is 57.2 Å². The zero-order valence-electron chi connectivity index (χ0n) is 20.2. The van der Waals surface area contributed by atoms with Gasteiger partial charge in [0.05, 0.1) is 12.2 Å². The predicted molar refractivity (Wildman–Crippen MR) is 119 cm³/mol. The van der Waals surface area contributed by atoms with Crippen LogP contribution in [-0.4, -0.2) is 50.1 Å². The number of carbonyl (C=O) groups is 1.